The fourth-order valence-electron chi connectivity index (χ4n) is 3.11. The predicted octanol–water partition coefficient (Wildman–Crippen LogP) is 4.93. The Labute approximate surface area is 138 Å². The first-order chi connectivity index (χ1) is 9.12. The third kappa shape index (κ3) is 4.02. The number of nitrogens with zero attached hydrogens (tertiary/aromatic N) is 1. The molecule has 1 aromatic rings. The molecule has 0 unspecified atom stereocenters. The third-order valence-electron chi connectivity index (χ3n) is 4.46. The predicted molar refractivity (Wildman–Crippen MR) is 88.2 cm³/mol. The minimum Gasteiger partial charge on any atom is -0.490 e. The summed E-state index contributed by atoms with van der Waals surface area (Å²) in [7, 11) is 2.15. The highest BCUT2D eigenvalue weighted by molar-refractivity contribution is 6.30. The van der Waals surface area contributed by atoms with Crippen LogP contribution in [0.3, 0.4) is 0 Å². The molecule has 0 N–H and O–H groups in total. The molecule has 120 valence electrons. The third-order valence-corrected chi connectivity index (χ3v) is 4.77. The zero-order chi connectivity index (χ0) is 15.1. The Kier molecular flexibility index (Phi) is 5.57. The molecule has 1 fully saturated rings. The van der Waals surface area contributed by atoms with Gasteiger partial charge in [0.2, 0.25) is 0 Å². The Morgan fingerprint density at radius 1 is 1.19 bits per heavy atom. The number of likely N-dealkylation sites (tertiary alicyclic amines) is 1. The standard InChI is InChI=1S/C16H23ClFNO.ClH/c1-15(2)9-12(10-16(3,4)19(15)5)20-11-6-7-13(17)14(18)8-11;/h6-8,12H,9-10H2,1-5H3;1H. The highest BCUT2D eigenvalue weighted by atomic mass is 35.5. The van der Waals surface area contributed by atoms with Crippen molar-refractivity contribution in [2.75, 3.05) is 7.05 Å². The molecular weight excluding hydrogens is 312 g/mol. The summed E-state index contributed by atoms with van der Waals surface area (Å²) in [6.45, 7) is 8.86. The molecule has 2 rings (SSSR count). The van der Waals surface area contributed by atoms with E-state index in [2.05, 4.69) is 39.6 Å². The van der Waals surface area contributed by atoms with Crippen molar-refractivity contribution >= 4 is 24.0 Å². The van der Waals surface area contributed by atoms with Crippen molar-refractivity contribution in [3.8, 4) is 5.75 Å². The van der Waals surface area contributed by atoms with Gasteiger partial charge >= 0.3 is 0 Å². The minimum absolute atomic E-state index is 0. The Morgan fingerprint density at radius 2 is 1.71 bits per heavy atom. The van der Waals surface area contributed by atoms with E-state index in [1.807, 2.05) is 0 Å². The molecule has 5 heteroatoms. The molecule has 0 radical (unpaired) electrons. The van der Waals surface area contributed by atoms with Gasteiger partial charge in [0.25, 0.3) is 0 Å². The van der Waals surface area contributed by atoms with Gasteiger partial charge in [-0.15, -0.1) is 12.4 Å². The molecule has 1 saturated heterocycles. The van der Waals surface area contributed by atoms with E-state index in [4.69, 9.17) is 16.3 Å². The van der Waals surface area contributed by atoms with Crippen LogP contribution in [0.4, 0.5) is 4.39 Å². The summed E-state index contributed by atoms with van der Waals surface area (Å²) in [5.41, 5.74) is 0.106. The van der Waals surface area contributed by atoms with Gasteiger partial charge in [0.05, 0.1) is 5.02 Å². The number of rotatable bonds is 2. The van der Waals surface area contributed by atoms with E-state index < -0.39 is 5.82 Å². The van der Waals surface area contributed by atoms with Crippen molar-refractivity contribution in [2.24, 2.45) is 0 Å². The van der Waals surface area contributed by atoms with Gasteiger partial charge in [-0.2, -0.15) is 0 Å². The Balaban J connectivity index is 0.00000220. The molecule has 0 saturated carbocycles. The zero-order valence-corrected chi connectivity index (χ0v) is 14.8. The van der Waals surface area contributed by atoms with Crippen LogP contribution in [-0.2, 0) is 0 Å². The van der Waals surface area contributed by atoms with Crippen molar-refractivity contribution in [3.63, 3.8) is 0 Å². The molecule has 1 aliphatic rings. The fourth-order valence-corrected chi connectivity index (χ4v) is 3.22. The highest BCUT2D eigenvalue weighted by Gasteiger charge is 2.43. The van der Waals surface area contributed by atoms with Gasteiger partial charge in [-0.3, -0.25) is 4.90 Å². The Morgan fingerprint density at radius 3 is 2.19 bits per heavy atom. The fraction of sp³-hybridized carbons (Fsp3) is 0.625. The first-order valence-corrected chi connectivity index (χ1v) is 7.35. The average Bonchev–Trinajstić information content (AvgIpc) is 2.30. The van der Waals surface area contributed by atoms with Crippen molar-refractivity contribution in [2.45, 2.75) is 57.7 Å². The molecule has 0 aliphatic carbocycles. The van der Waals surface area contributed by atoms with Gasteiger partial charge in [0, 0.05) is 30.0 Å². The van der Waals surface area contributed by atoms with Gasteiger partial charge in [0.1, 0.15) is 17.7 Å². The molecule has 1 aromatic carbocycles. The SMILES string of the molecule is CN1C(C)(C)CC(Oc2ccc(Cl)c(F)c2)CC1(C)C.Cl. The first-order valence-electron chi connectivity index (χ1n) is 6.97. The van der Waals surface area contributed by atoms with Gasteiger partial charge < -0.3 is 4.74 Å². The molecule has 21 heavy (non-hydrogen) atoms. The molecule has 0 aromatic heterocycles. The topological polar surface area (TPSA) is 12.5 Å². The van der Waals surface area contributed by atoms with Crippen LogP contribution in [0.2, 0.25) is 5.02 Å². The number of benzene rings is 1. The monoisotopic (exact) mass is 335 g/mol. The lowest BCUT2D eigenvalue weighted by atomic mass is 9.79. The second-order valence-electron chi connectivity index (χ2n) is 6.91. The van der Waals surface area contributed by atoms with Crippen LogP contribution < -0.4 is 4.74 Å². The van der Waals surface area contributed by atoms with E-state index in [0.29, 0.717) is 5.75 Å². The smallest absolute Gasteiger partial charge is 0.145 e. The molecule has 0 amide bonds. The van der Waals surface area contributed by atoms with Crippen LogP contribution in [0.1, 0.15) is 40.5 Å². The molecule has 0 atom stereocenters. The van der Waals surface area contributed by atoms with E-state index in [1.54, 1.807) is 6.07 Å². The van der Waals surface area contributed by atoms with Crippen LogP contribution in [0.5, 0.6) is 5.75 Å². The van der Waals surface area contributed by atoms with Crippen LogP contribution in [0.15, 0.2) is 18.2 Å². The van der Waals surface area contributed by atoms with E-state index in [9.17, 15) is 4.39 Å². The number of halogens is 3. The maximum absolute atomic E-state index is 13.5. The van der Waals surface area contributed by atoms with E-state index in [1.165, 1.54) is 12.1 Å². The number of ether oxygens (including phenoxy) is 1. The molecule has 1 heterocycles. The Hall–Kier alpha value is -0.510. The summed E-state index contributed by atoms with van der Waals surface area (Å²) in [4.78, 5) is 2.39. The van der Waals surface area contributed by atoms with Crippen molar-refractivity contribution in [1.82, 2.24) is 4.90 Å². The van der Waals surface area contributed by atoms with E-state index in [0.717, 1.165) is 12.8 Å². The molecule has 0 bridgehead atoms. The molecular formula is C16H24Cl2FNO. The van der Waals surface area contributed by atoms with Crippen LogP contribution in [0, 0.1) is 5.82 Å². The zero-order valence-electron chi connectivity index (χ0n) is 13.2. The minimum atomic E-state index is -0.435. The quantitative estimate of drug-likeness (QED) is 0.759. The lowest BCUT2D eigenvalue weighted by Crippen LogP contribution is -2.60. The number of piperidine rings is 1. The number of hydrogen-bond donors (Lipinski definition) is 0. The lowest BCUT2D eigenvalue weighted by Gasteiger charge is -2.53. The van der Waals surface area contributed by atoms with Gasteiger partial charge in [-0.25, -0.2) is 4.39 Å². The first kappa shape index (κ1) is 18.5. The normalized spacial score (nSPS) is 21.7. The summed E-state index contributed by atoms with van der Waals surface area (Å²) in [6, 6.07) is 4.63. The van der Waals surface area contributed by atoms with Crippen molar-refractivity contribution in [3.05, 3.63) is 29.0 Å². The Bertz CT molecular complexity index is 487. The van der Waals surface area contributed by atoms with Crippen LogP contribution in [-0.4, -0.2) is 29.1 Å². The van der Waals surface area contributed by atoms with Crippen molar-refractivity contribution in [1.29, 1.82) is 0 Å². The van der Waals surface area contributed by atoms with Gasteiger partial charge in [0.15, 0.2) is 0 Å². The van der Waals surface area contributed by atoms with Gasteiger partial charge in [-0.05, 0) is 46.9 Å². The highest BCUT2D eigenvalue weighted by Crippen LogP contribution is 2.38. The summed E-state index contributed by atoms with van der Waals surface area (Å²) < 4.78 is 19.5. The largest absolute Gasteiger partial charge is 0.490 e. The average molecular weight is 336 g/mol. The molecule has 1 aliphatic heterocycles. The maximum atomic E-state index is 13.5. The van der Waals surface area contributed by atoms with Crippen LogP contribution >= 0.6 is 24.0 Å². The summed E-state index contributed by atoms with van der Waals surface area (Å²) in [5.74, 6) is 0.115. The summed E-state index contributed by atoms with van der Waals surface area (Å²) >= 11 is 5.70. The second kappa shape index (κ2) is 6.31. The lowest BCUT2D eigenvalue weighted by molar-refractivity contribution is -0.0557. The van der Waals surface area contributed by atoms with Crippen LogP contribution in [0.25, 0.3) is 0 Å². The maximum Gasteiger partial charge on any atom is 0.145 e. The number of hydrogen-bond acceptors (Lipinski definition) is 2. The molecule has 2 nitrogen and oxygen atoms in total. The molecule has 0 spiro atoms. The van der Waals surface area contributed by atoms with Gasteiger partial charge in [-0.1, -0.05) is 11.6 Å². The van der Waals surface area contributed by atoms with Crippen molar-refractivity contribution < 1.29 is 9.13 Å². The second-order valence-corrected chi connectivity index (χ2v) is 7.32. The summed E-state index contributed by atoms with van der Waals surface area (Å²) in [6.07, 6.45) is 1.91. The van der Waals surface area contributed by atoms with E-state index in [-0.39, 0.29) is 34.6 Å². The van der Waals surface area contributed by atoms with E-state index >= 15 is 0 Å². The summed E-state index contributed by atoms with van der Waals surface area (Å²) in [5, 5.41) is 0.126.